The van der Waals surface area contributed by atoms with Crippen LogP contribution in [0.5, 0.6) is 0 Å². The summed E-state index contributed by atoms with van der Waals surface area (Å²) in [5.74, 6) is -9.82. The molecule has 1 aromatic carbocycles. The quantitative estimate of drug-likeness (QED) is 0.154. The minimum Gasteiger partial charge on any atom is -0.391 e. The standard InChI is InChI=1S/C63H102N12O13/c1-36(2)30-44-55(81)70-63(26-20-21-27-63)62(88)69-51(42(11)76)60(86)71(12)35-50(78)65-46(33-43-24-18-16-19-25-43)58(84)74(15)52(39(7)8)61(87)72(13)41(10)54(80)67-45(31-37(3)4)57(83)73(14)48(32-38(5)6)56(82)68-47(59(85)75-28-22-17-23-29-75)34-49(77)64-40(9)53(79)66-44/h16,18-19,24-25,36-42,44-48,51-52,76H,17,20-23,26-35H2,1-15H3,(H,64,77)(H,65,78)(H,66,79)(H,67,80)(H,68,82)(H,69,88)(H,70,81)/t40-,41-,42+,44-,45-,46-,47-,48-,51-,52-/m0/s1. The van der Waals surface area contributed by atoms with Crippen LogP contribution in [-0.2, 0) is 64.0 Å². The molecule has 0 bridgehead atoms. The molecule has 88 heavy (non-hydrogen) atoms. The summed E-state index contributed by atoms with van der Waals surface area (Å²) in [4.78, 5) is 179. The third-order valence-electron chi connectivity index (χ3n) is 16.8. The molecule has 0 aromatic heterocycles. The Labute approximate surface area is 520 Å². The van der Waals surface area contributed by atoms with Crippen molar-refractivity contribution in [3.05, 3.63) is 35.9 Å². The Balaban J connectivity index is 1.83. The number of hydrogen-bond acceptors (Lipinski definition) is 13. The first-order valence-electron chi connectivity index (χ1n) is 31.4. The molecule has 2 saturated heterocycles. The summed E-state index contributed by atoms with van der Waals surface area (Å²) >= 11 is 0. The van der Waals surface area contributed by atoms with Gasteiger partial charge in [0, 0.05) is 47.7 Å². The number of amides is 12. The zero-order chi connectivity index (χ0) is 66.1. The second kappa shape index (κ2) is 33.4. The highest BCUT2D eigenvalue weighted by Crippen LogP contribution is 2.31. The topological polar surface area (TPSA) is 325 Å². The van der Waals surface area contributed by atoms with E-state index < -0.39 is 156 Å². The lowest BCUT2D eigenvalue weighted by Crippen LogP contribution is -2.65. The molecule has 0 unspecified atom stereocenters. The number of benzene rings is 1. The maximum atomic E-state index is 14.8. The monoisotopic (exact) mass is 1230 g/mol. The number of carbonyl (C=O) groups excluding carboxylic acids is 12. The minimum absolute atomic E-state index is 0.0464. The number of nitrogens with zero attached hydrogens (tertiary/aromatic N) is 5. The van der Waals surface area contributed by atoms with E-state index in [0.717, 1.165) is 11.3 Å². The van der Waals surface area contributed by atoms with Gasteiger partial charge in [-0.15, -0.1) is 0 Å². The van der Waals surface area contributed by atoms with E-state index in [1.165, 1.54) is 63.7 Å². The Morgan fingerprint density at radius 1 is 0.568 bits per heavy atom. The number of nitrogens with one attached hydrogen (secondary N) is 7. The number of likely N-dealkylation sites (N-methyl/N-ethyl adjacent to an activating group) is 4. The largest absolute Gasteiger partial charge is 0.391 e. The Kier molecular flexibility index (Phi) is 27.8. The van der Waals surface area contributed by atoms with Gasteiger partial charge < -0.3 is 66.8 Å². The third-order valence-corrected chi connectivity index (χ3v) is 16.8. The molecule has 1 spiro atoms. The first-order chi connectivity index (χ1) is 41.2. The molecule has 2 aliphatic heterocycles. The number of carbonyl (C=O) groups is 12. The predicted molar refractivity (Wildman–Crippen MR) is 330 cm³/mol. The smallest absolute Gasteiger partial charge is 0.248 e. The second-order valence-electron chi connectivity index (χ2n) is 26.2. The highest BCUT2D eigenvalue weighted by Gasteiger charge is 2.47. The summed E-state index contributed by atoms with van der Waals surface area (Å²) in [5.41, 5.74) is -0.956. The molecule has 3 fully saturated rings. The summed E-state index contributed by atoms with van der Waals surface area (Å²) in [5, 5.41) is 30.2. The summed E-state index contributed by atoms with van der Waals surface area (Å²) in [6, 6.07) is -2.99. The minimum atomic E-state index is -1.63. The molecular weight excluding hydrogens is 1130 g/mol. The third kappa shape index (κ3) is 20.4. The van der Waals surface area contributed by atoms with Crippen molar-refractivity contribution in [2.75, 3.05) is 47.8 Å². The van der Waals surface area contributed by atoms with Gasteiger partial charge >= 0.3 is 0 Å². The van der Waals surface area contributed by atoms with Gasteiger partial charge in [-0.3, -0.25) is 57.5 Å². The maximum absolute atomic E-state index is 14.8. The highest BCUT2D eigenvalue weighted by molar-refractivity contribution is 6.00. The van der Waals surface area contributed by atoms with Crippen LogP contribution >= 0.6 is 0 Å². The molecule has 4 rings (SSSR count). The SMILES string of the molecule is CC(C)C[C@@H]1NC(=O)[C@H](C)NC(=O)C[C@@H](C(=O)N2CCCCC2)NC(=O)[C@H](CC(C)C)N(C)C(=O)[C@H](CC(C)C)NC(=O)[C@H](C)N(C)C(=O)[C@H](C(C)C)N(C)C(=O)[C@H](Cc2ccccc2)NC(=O)CN(C)C(=O)[C@H]([C@@H](C)O)NC(=O)C2(CCCC2)NC1=O. The average molecular weight is 1240 g/mol. The molecule has 1 aromatic rings. The zero-order valence-electron chi connectivity index (χ0n) is 54.7. The molecule has 8 N–H and O–H groups in total. The van der Waals surface area contributed by atoms with Crippen molar-refractivity contribution in [3.63, 3.8) is 0 Å². The van der Waals surface area contributed by atoms with Crippen LogP contribution in [0.2, 0.25) is 0 Å². The molecular formula is C63H102N12O13. The molecule has 2 heterocycles. The van der Waals surface area contributed by atoms with Crippen molar-refractivity contribution >= 4 is 70.9 Å². The molecule has 492 valence electrons. The van der Waals surface area contributed by atoms with Crippen LogP contribution in [0, 0.1) is 23.7 Å². The first kappa shape index (κ1) is 73.3. The van der Waals surface area contributed by atoms with Gasteiger partial charge in [-0.05, 0) is 101 Å². The Hall–Kier alpha value is -7.18. The summed E-state index contributed by atoms with van der Waals surface area (Å²) < 4.78 is 0. The molecule has 12 amide bonds. The lowest BCUT2D eigenvalue weighted by atomic mass is 9.93. The number of piperidine rings is 1. The van der Waals surface area contributed by atoms with Gasteiger partial charge in [0.15, 0.2) is 0 Å². The molecule has 25 heteroatoms. The summed E-state index contributed by atoms with van der Waals surface area (Å²) in [6.45, 7) is 18.7. The highest BCUT2D eigenvalue weighted by atomic mass is 16.3. The number of aliphatic hydroxyl groups excluding tert-OH is 1. The lowest BCUT2D eigenvalue weighted by molar-refractivity contribution is -0.150. The van der Waals surface area contributed by atoms with Crippen LogP contribution < -0.4 is 37.2 Å². The molecule has 1 aliphatic carbocycles. The number of hydrogen-bond donors (Lipinski definition) is 8. The van der Waals surface area contributed by atoms with Gasteiger partial charge in [0.05, 0.1) is 19.1 Å². The maximum Gasteiger partial charge on any atom is 0.248 e. The fraction of sp³-hybridized carbons (Fsp3) is 0.714. The van der Waals surface area contributed by atoms with E-state index in [4.69, 9.17) is 0 Å². The van der Waals surface area contributed by atoms with E-state index in [9.17, 15) is 62.6 Å². The van der Waals surface area contributed by atoms with Crippen LogP contribution in [0.1, 0.15) is 152 Å². The zero-order valence-corrected chi connectivity index (χ0v) is 54.7. The molecule has 1 saturated carbocycles. The molecule has 0 radical (unpaired) electrons. The van der Waals surface area contributed by atoms with E-state index in [-0.39, 0.29) is 56.3 Å². The van der Waals surface area contributed by atoms with E-state index in [1.54, 1.807) is 49.1 Å². The number of likely N-dealkylation sites (tertiary alicyclic amines) is 1. The van der Waals surface area contributed by atoms with E-state index >= 15 is 0 Å². The molecule has 3 aliphatic rings. The van der Waals surface area contributed by atoms with Gasteiger partial charge in [-0.25, -0.2) is 0 Å². The van der Waals surface area contributed by atoms with Crippen molar-refractivity contribution in [3.8, 4) is 0 Å². The van der Waals surface area contributed by atoms with Crippen molar-refractivity contribution in [2.24, 2.45) is 23.7 Å². The van der Waals surface area contributed by atoms with Gasteiger partial charge in [-0.2, -0.15) is 0 Å². The van der Waals surface area contributed by atoms with Crippen molar-refractivity contribution < 1.29 is 62.6 Å². The van der Waals surface area contributed by atoms with E-state index in [1.807, 2.05) is 41.5 Å². The second-order valence-corrected chi connectivity index (χ2v) is 26.2. The summed E-state index contributed by atoms with van der Waals surface area (Å²) in [7, 11) is 5.51. The van der Waals surface area contributed by atoms with Crippen LogP contribution in [0.3, 0.4) is 0 Å². The normalized spacial score (nSPS) is 27.0. The van der Waals surface area contributed by atoms with E-state index in [2.05, 4.69) is 37.2 Å². The van der Waals surface area contributed by atoms with Gasteiger partial charge in [0.1, 0.15) is 59.9 Å². The Bertz CT molecular complexity index is 2620. The predicted octanol–water partition coefficient (Wildman–Crippen LogP) is 1.14. The van der Waals surface area contributed by atoms with Crippen LogP contribution in [0.4, 0.5) is 0 Å². The van der Waals surface area contributed by atoms with Gasteiger partial charge in [0.2, 0.25) is 70.9 Å². The molecule has 10 atom stereocenters. The first-order valence-corrected chi connectivity index (χ1v) is 31.4. The van der Waals surface area contributed by atoms with Crippen LogP contribution in [0.25, 0.3) is 0 Å². The molecule has 25 nitrogen and oxygen atoms in total. The number of aliphatic hydroxyl groups is 1. The van der Waals surface area contributed by atoms with E-state index in [0.29, 0.717) is 44.3 Å². The van der Waals surface area contributed by atoms with Crippen LogP contribution in [-0.4, -0.2) is 214 Å². The average Bonchev–Trinajstić information content (AvgIpc) is 4.09. The van der Waals surface area contributed by atoms with Gasteiger partial charge in [-0.1, -0.05) is 98.6 Å². The Morgan fingerprint density at radius 2 is 1.12 bits per heavy atom. The fourth-order valence-corrected chi connectivity index (χ4v) is 11.7. The van der Waals surface area contributed by atoms with Crippen molar-refractivity contribution in [1.29, 1.82) is 0 Å². The van der Waals surface area contributed by atoms with Crippen molar-refractivity contribution in [1.82, 2.24) is 61.7 Å². The Morgan fingerprint density at radius 3 is 1.68 bits per heavy atom. The van der Waals surface area contributed by atoms with Crippen molar-refractivity contribution in [2.45, 2.75) is 219 Å². The van der Waals surface area contributed by atoms with Gasteiger partial charge in [0.25, 0.3) is 0 Å². The van der Waals surface area contributed by atoms with Crippen LogP contribution in [0.15, 0.2) is 30.3 Å². The lowest BCUT2D eigenvalue weighted by Gasteiger charge is -2.37. The number of rotatable bonds is 11. The fourth-order valence-electron chi connectivity index (χ4n) is 11.7. The summed E-state index contributed by atoms with van der Waals surface area (Å²) in [6.07, 6.45) is 1.66.